The van der Waals surface area contributed by atoms with Gasteiger partial charge in [0.05, 0.1) is 25.4 Å². The van der Waals surface area contributed by atoms with Crippen LogP contribution in [0.5, 0.6) is 0 Å². The number of urea groups is 1. The Morgan fingerprint density at radius 3 is 2.43 bits per heavy atom. The molecule has 2 saturated heterocycles. The molecule has 35 heavy (non-hydrogen) atoms. The molecular weight excluding hydrogens is 446 g/mol. The number of aliphatic hydroxyl groups is 2. The lowest BCUT2D eigenvalue weighted by molar-refractivity contribution is -0.276. The van der Waals surface area contributed by atoms with E-state index in [0.29, 0.717) is 12.2 Å². The maximum absolute atomic E-state index is 11.8. The molecule has 2 aliphatic heterocycles. The number of carbonyl (C=O) groups excluding carboxylic acids is 1. The van der Waals surface area contributed by atoms with Gasteiger partial charge in [-0.1, -0.05) is 43.3 Å². The second-order valence-corrected chi connectivity index (χ2v) is 9.40. The van der Waals surface area contributed by atoms with Crippen molar-refractivity contribution in [1.82, 2.24) is 10.2 Å². The van der Waals surface area contributed by atoms with Crippen LogP contribution in [0.4, 0.5) is 10.5 Å². The first kappa shape index (κ1) is 25.6. The van der Waals surface area contributed by atoms with Gasteiger partial charge >= 0.3 is 6.03 Å². The van der Waals surface area contributed by atoms with Gasteiger partial charge in [0.15, 0.2) is 6.29 Å². The number of aliphatic hydroxyl groups excluding tert-OH is 2. The lowest BCUT2D eigenvalue weighted by Crippen LogP contribution is -2.46. The number of rotatable bonds is 8. The number of likely N-dealkylation sites (tertiary alicyclic amines) is 1. The Hall–Kier alpha value is -2.49. The molecule has 4 N–H and O–H groups in total. The minimum atomic E-state index is -0.563. The highest BCUT2D eigenvalue weighted by molar-refractivity contribution is 5.89. The zero-order valence-electron chi connectivity index (χ0n) is 20.5. The Morgan fingerprint density at radius 2 is 1.77 bits per heavy atom. The Balaban J connectivity index is 1.55. The summed E-state index contributed by atoms with van der Waals surface area (Å²) in [6.45, 7) is 6.43. The molecule has 0 aliphatic carbocycles. The van der Waals surface area contributed by atoms with Gasteiger partial charge < -0.3 is 30.3 Å². The Labute approximate surface area is 207 Å². The van der Waals surface area contributed by atoms with Gasteiger partial charge in [-0.05, 0) is 49.6 Å². The van der Waals surface area contributed by atoms with E-state index in [1.54, 1.807) is 0 Å². The summed E-state index contributed by atoms with van der Waals surface area (Å²) in [6.07, 6.45) is 1.25. The fourth-order valence-corrected chi connectivity index (χ4v) is 4.96. The predicted octanol–water partition coefficient (Wildman–Crippen LogP) is 3.57. The average Bonchev–Trinajstić information content (AvgIpc) is 3.33. The second-order valence-electron chi connectivity index (χ2n) is 9.40. The van der Waals surface area contributed by atoms with Crippen LogP contribution in [0.3, 0.4) is 0 Å². The molecule has 2 aromatic carbocycles. The van der Waals surface area contributed by atoms with Gasteiger partial charge in [0, 0.05) is 36.3 Å². The third kappa shape index (κ3) is 6.20. The maximum Gasteiger partial charge on any atom is 0.319 e. The van der Waals surface area contributed by atoms with Crippen molar-refractivity contribution in [3.05, 3.63) is 65.2 Å². The molecule has 0 aromatic heterocycles. The molecular formula is C27H37N3O5. The van der Waals surface area contributed by atoms with Gasteiger partial charge in [-0.15, -0.1) is 0 Å². The number of carbonyl (C=O) groups is 1. The first-order valence-corrected chi connectivity index (χ1v) is 12.5. The molecule has 2 fully saturated rings. The maximum atomic E-state index is 11.8. The second kappa shape index (κ2) is 12.0. The van der Waals surface area contributed by atoms with E-state index in [9.17, 15) is 15.0 Å². The molecule has 2 aromatic rings. The molecule has 190 valence electrons. The fraction of sp³-hybridized carbons (Fsp3) is 0.519. The summed E-state index contributed by atoms with van der Waals surface area (Å²) in [4.78, 5) is 14.2. The molecule has 0 saturated carbocycles. The number of hydrogen-bond donors (Lipinski definition) is 4. The minimum absolute atomic E-state index is 0.00386. The molecule has 8 nitrogen and oxygen atoms in total. The Bertz CT molecular complexity index is 952. The highest BCUT2D eigenvalue weighted by Gasteiger charge is 2.40. The number of anilines is 1. The van der Waals surface area contributed by atoms with Crippen molar-refractivity contribution < 1.29 is 24.5 Å². The van der Waals surface area contributed by atoms with Crippen molar-refractivity contribution in [2.24, 2.45) is 5.92 Å². The summed E-state index contributed by atoms with van der Waals surface area (Å²) in [7, 11) is 0. The third-order valence-corrected chi connectivity index (χ3v) is 7.03. The molecule has 2 amide bonds. The van der Waals surface area contributed by atoms with Crippen molar-refractivity contribution in [2.75, 3.05) is 31.6 Å². The summed E-state index contributed by atoms with van der Waals surface area (Å²) in [5.74, 6) is 0.0878. The molecule has 4 rings (SSSR count). The lowest BCUT2D eigenvalue weighted by Gasteiger charge is -2.43. The number of nitrogens with zero attached hydrogens (tertiary/aromatic N) is 1. The Kier molecular flexibility index (Phi) is 8.75. The lowest BCUT2D eigenvalue weighted by atomic mass is 9.90. The van der Waals surface area contributed by atoms with Gasteiger partial charge in [0.1, 0.15) is 0 Å². The SMILES string of the molecule is CCNC(=O)Nc1ccc(C2OC(CN3CCCC3CO)C(C)C(c3ccc(CO)cc3)O2)cc1. The van der Waals surface area contributed by atoms with Crippen LogP contribution in [0.15, 0.2) is 48.5 Å². The molecule has 5 unspecified atom stereocenters. The zero-order valence-corrected chi connectivity index (χ0v) is 20.5. The van der Waals surface area contributed by atoms with E-state index in [2.05, 4.69) is 22.5 Å². The summed E-state index contributed by atoms with van der Waals surface area (Å²) in [6, 6.07) is 15.3. The van der Waals surface area contributed by atoms with Crippen molar-refractivity contribution in [1.29, 1.82) is 0 Å². The van der Waals surface area contributed by atoms with Gasteiger partial charge in [-0.2, -0.15) is 0 Å². The van der Waals surface area contributed by atoms with E-state index in [0.717, 1.165) is 42.6 Å². The van der Waals surface area contributed by atoms with Crippen LogP contribution < -0.4 is 10.6 Å². The molecule has 0 bridgehead atoms. The van der Waals surface area contributed by atoms with Crippen LogP contribution >= 0.6 is 0 Å². The topological polar surface area (TPSA) is 103 Å². The van der Waals surface area contributed by atoms with Gasteiger partial charge in [0.25, 0.3) is 0 Å². The van der Waals surface area contributed by atoms with E-state index in [1.165, 1.54) is 0 Å². The minimum Gasteiger partial charge on any atom is -0.395 e. The summed E-state index contributed by atoms with van der Waals surface area (Å²) in [5.41, 5.74) is 3.47. The van der Waals surface area contributed by atoms with Gasteiger partial charge in [-0.3, -0.25) is 4.90 Å². The third-order valence-electron chi connectivity index (χ3n) is 7.03. The van der Waals surface area contributed by atoms with E-state index >= 15 is 0 Å². The van der Waals surface area contributed by atoms with Crippen LogP contribution in [0, 0.1) is 5.92 Å². The molecule has 0 radical (unpaired) electrons. The normalized spacial score (nSPS) is 27.0. The number of ether oxygens (including phenoxy) is 2. The van der Waals surface area contributed by atoms with Crippen LogP contribution in [-0.4, -0.2) is 59.5 Å². The van der Waals surface area contributed by atoms with Crippen LogP contribution in [0.1, 0.15) is 55.8 Å². The predicted molar refractivity (Wildman–Crippen MR) is 134 cm³/mol. The van der Waals surface area contributed by atoms with E-state index < -0.39 is 6.29 Å². The van der Waals surface area contributed by atoms with E-state index in [1.807, 2.05) is 55.5 Å². The van der Waals surface area contributed by atoms with Crippen molar-refractivity contribution in [3.63, 3.8) is 0 Å². The van der Waals surface area contributed by atoms with Crippen molar-refractivity contribution in [2.45, 2.75) is 57.8 Å². The zero-order chi connectivity index (χ0) is 24.8. The van der Waals surface area contributed by atoms with Crippen LogP contribution in [-0.2, 0) is 16.1 Å². The summed E-state index contributed by atoms with van der Waals surface area (Å²) < 4.78 is 13.0. The average molecular weight is 484 g/mol. The smallest absolute Gasteiger partial charge is 0.319 e. The number of amides is 2. The van der Waals surface area contributed by atoms with Crippen molar-refractivity contribution >= 4 is 11.7 Å². The van der Waals surface area contributed by atoms with Crippen molar-refractivity contribution in [3.8, 4) is 0 Å². The molecule has 8 heteroatoms. The molecule has 5 atom stereocenters. The Morgan fingerprint density at radius 1 is 1.06 bits per heavy atom. The highest BCUT2D eigenvalue weighted by atomic mass is 16.7. The number of nitrogens with one attached hydrogen (secondary N) is 2. The quantitative estimate of drug-likeness (QED) is 0.458. The monoisotopic (exact) mass is 483 g/mol. The van der Waals surface area contributed by atoms with Gasteiger partial charge in [0.2, 0.25) is 0 Å². The van der Waals surface area contributed by atoms with Crippen LogP contribution in [0.2, 0.25) is 0 Å². The summed E-state index contributed by atoms with van der Waals surface area (Å²) in [5, 5.41) is 24.8. The van der Waals surface area contributed by atoms with E-state index in [4.69, 9.17) is 9.47 Å². The highest BCUT2D eigenvalue weighted by Crippen LogP contribution is 2.42. The summed E-state index contributed by atoms with van der Waals surface area (Å²) >= 11 is 0. The number of benzene rings is 2. The molecule has 2 aliphatic rings. The van der Waals surface area contributed by atoms with E-state index in [-0.39, 0.29) is 43.4 Å². The number of hydrogen-bond acceptors (Lipinski definition) is 6. The molecule has 2 heterocycles. The molecule has 0 spiro atoms. The van der Waals surface area contributed by atoms with Gasteiger partial charge in [-0.25, -0.2) is 4.79 Å². The first-order valence-electron chi connectivity index (χ1n) is 12.5. The fourth-order valence-electron chi connectivity index (χ4n) is 4.96. The first-order chi connectivity index (χ1) is 17.0. The van der Waals surface area contributed by atoms with Crippen LogP contribution in [0.25, 0.3) is 0 Å². The standard InChI is InChI=1S/C27H37N3O5/c1-3-28-27(33)29-22-12-10-21(11-13-22)26-34-24(15-30-14-4-5-23(30)17-32)18(2)25(35-26)20-8-6-19(16-31)7-9-20/h6-13,18,23-26,31-32H,3-5,14-17H2,1-2H3,(H2,28,29,33). The largest absolute Gasteiger partial charge is 0.395 e.